The quantitative estimate of drug-likeness (QED) is 0.761. The van der Waals surface area contributed by atoms with Crippen LogP contribution >= 0.6 is 11.3 Å². The summed E-state index contributed by atoms with van der Waals surface area (Å²) in [5, 5.41) is 5.03. The highest BCUT2D eigenvalue weighted by atomic mass is 32.2. The van der Waals surface area contributed by atoms with Gasteiger partial charge in [0.2, 0.25) is 10.0 Å². The summed E-state index contributed by atoms with van der Waals surface area (Å²) in [4.78, 5) is 1.48. The molecular weight excluding hydrogens is 292 g/mol. The van der Waals surface area contributed by atoms with Crippen LogP contribution in [-0.2, 0) is 16.6 Å². The zero-order valence-corrected chi connectivity index (χ0v) is 13.8. The molecule has 0 amide bonds. The molecule has 1 aromatic heterocycles. The van der Waals surface area contributed by atoms with Gasteiger partial charge >= 0.3 is 0 Å². The van der Waals surface area contributed by atoms with E-state index in [4.69, 9.17) is 0 Å². The maximum absolute atomic E-state index is 12.4. The molecular formula is C14H24N2O2S2. The number of hydrogen-bond donors (Lipinski definition) is 2. The monoisotopic (exact) mass is 316 g/mol. The number of thiophene rings is 1. The first-order chi connectivity index (χ1) is 9.53. The predicted molar refractivity (Wildman–Crippen MR) is 83.4 cm³/mol. The van der Waals surface area contributed by atoms with E-state index in [-0.39, 0.29) is 6.04 Å². The molecule has 114 valence electrons. The Kier molecular flexibility index (Phi) is 5.60. The maximum atomic E-state index is 12.4. The van der Waals surface area contributed by atoms with Gasteiger partial charge in [-0.05, 0) is 37.8 Å². The van der Waals surface area contributed by atoms with Gasteiger partial charge in [-0.1, -0.05) is 20.3 Å². The van der Waals surface area contributed by atoms with Gasteiger partial charge in [-0.2, -0.15) is 0 Å². The largest absolute Gasteiger partial charge is 0.312 e. The molecule has 0 spiro atoms. The molecule has 1 aliphatic carbocycles. The lowest BCUT2D eigenvalue weighted by atomic mass is 10.1. The van der Waals surface area contributed by atoms with Crippen LogP contribution in [-0.4, -0.2) is 21.0 Å². The van der Waals surface area contributed by atoms with Crippen molar-refractivity contribution >= 4 is 21.4 Å². The molecule has 1 heterocycles. The van der Waals surface area contributed by atoms with Crippen LogP contribution in [0, 0.1) is 5.92 Å². The number of rotatable bonds is 7. The Morgan fingerprint density at radius 2 is 2.20 bits per heavy atom. The van der Waals surface area contributed by atoms with E-state index >= 15 is 0 Å². The fraction of sp³-hybridized carbons (Fsp3) is 0.714. The van der Waals surface area contributed by atoms with Gasteiger partial charge in [-0.3, -0.25) is 0 Å². The molecule has 2 unspecified atom stereocenters. The van der Waals surface area contributed by atoms with Gasteiger partial charge in [0, 0.05) is 22.8 Å². The van der Waals surface area contributed by atoms with E-state index in [1.165, 1.54) is 11.3 Å². The summed E-state index contributed by atoms with van der Waals surface area (Å²) in [6, 6.07) is 1.89. The summed E-state index contributed by atoms with van der Waals surface area (Å²) in [5.41, 5.74) is 0. The standard InChI is InChI=1S/C14H24N2O2S2/c1-3-7-15-9-12-8-13(10-19-12)20(17,18)16-14-6-4-5-11(14)2/h8,10-11,14-16H,3-7,9H2,1-2H3. The third kappa shape index (κ3) is 4.04. The summed E-state index contributed by atoms with van der Waals surface area (Å²) in [6.45, 7) is 5.93. The van der Waals surface area contributed by atoms with Crippen LogP contribution in [0.5, 0.6) is 0 Å². The topological polar surface area (TPSA) is 58.2 Å². The minimum Gasteiger partial charge on any atom is -0.312 e. The smallest absolute Gasteiger partial charge is 0.241 e. The van der Waals surface area contributed by atoms with Crippen molar-refractivity contribution in [3.8, 4) is 0 Å². The third-order valence-electron chi connectivity index (χ3n) is 3.83. The van der Waals surface area contributed by atoms with Gasteiger partial charge in [-0.15, -0.1) is 11.3 Å². The van der Waals surface area contributed by atoms with Crippen molar-refractivity contribution in [1.29, 1.82) is 0 Å². The second kappa shape index (κ2) is 7.02. The molecule has 0 aliphatic heterocycles. The van der Waals surface area contributed by atoms with Crippen LogP contribution in [0.25, 0.3) is 0 Å². The lowest BCUT2D eigenvalue weighted by Gasteiger charge is -2.16. The van der Waals surface area contributed by atoms with Gasteiger partial charge < -0.3 is 5.32 Å². The maximum Gasteiger partial charge on any atom is 0.241 e. The highest BCUT2D eigenvalue weighted by Crippen LogP contribution is 2.27. The molecule has 2 N–H and O–H groups in total. The Balaban J connectivity index is 1.98. The first-order valence-corrected chi connectivity index (χ1v) is 9.69. The van der Waals surface area contributed by atoms with E-state index in [2.05, 4.69) is 23.9 Å². The zero-order chi connectivity index (χ0) is 14.6. The summed E-state index contributed by atoms with van der Waals surface area (Å²) in [6.07, 6.45) is 4.26. The third-order valence-corrected chi connectivity index (χ3v) is 6.39. The fourth-order valence-electron chi connectivity index (χ4n) is 2.57. The van der Waals surface area contributed by atoms with Crippen LogP contribution in [0.1, 0.15) is 44.4 Å². The van der Waals surface area contributed by atoms with Crippen molar-refractivity contribution in [3.05, 3.63) is 16.3 Å². The molecule has 6 heteroatoms. The molecule has 2 rings (SSSR count). The molecule has 4 nitrogen and oxygen atoms in total. The molecule has 1 saturated carbocycles. The summed E-state index contributed by atoms with van der Waals surface area (Å²) < 4.78 is 27.6. The molecule has 1 aromatic rings. The zero-order valence-electron chi connectivity index (χ0n) is 12.2. The molecule has 2 atom stereocenters. The number of nitrogens with one attached hydrogen (secondary N) is 2. The van der Waals surface area contributed by atoms with E-state index in [1.54, 1.807) is 11.4 Å². The van der Waals surface area contributed by atoms with Crippen molar-refractivity contribution in [2.24, 2.45) is 5.92 Å². The van der Waals surface area contributed by atoms with Gasteiger partial charge in [0.1, 0.15) is 0 Å². The molecule has 0 bridgehead atoms. The minimum atomic E-state index is -3.35. The average molecular weight is 316 g/mol. The summed E-state index contributed by atoms with van der Waals surface area (Å²) in [5.74, 6) is 0.439. The van der Waals surface area contributed by atoms with Crippen molar-refractivity contribution < 1.29 is 8.42 Å². The van der Waals surface area contributed by atoms with E-state index < -0.39 is 10.0 Å². The predicted octanol–water partition coefficient (Wildman–Crippen LogP) is 2.71. The Morgan fingerprint density at radius 3 is 2.85 bits per heavy atom. The summed E-state index contributed by atoms with van der Waals surface area (Å²) >= 11 is 1.50. The van der Waals surface area contributed by atoms with Crippen molar-refractivity contribution in [2.75, 3.05) is 6.54 Å². The Labute approximate surface area is 126 Å². The first kappa shape index (κ1) is 15.9. The van der Waals surface area contributed by atoms with E-state index in [1.807, 2.05) is 0 Å². The Bertz CT molecular complexity index is 525. The molecule has 0 saturated heterocycles. The molecule has 1 fully saturated rings. The molecule has 20 heavy (non-hydrogen) atoms. The molecule has 0 radical (unpaired) electrons. The fourth-order valence-corrected chi connectivity index (χ4v) is 5.19. The Morgan fingerprint density at radius 1 is 1.40 bits per heavy atom. The van der Waals surface area contributed by atoms with Crippen LogP contribution in [0.4, 0.5) is 0 Å². The number of hydrogen-bond acceptors (Lipinski definition) is 4. The minimum absolute atomic E-state index is 0.0987. The lowest BCUT2D eigenvalue weighted by Crippen LogP contribution is -2.36. The van der Waals surface area contributed by atoms with E-state index in [9.17, 15) is 8.42 Å². The van der Waals surface area contributed by atoms with Crippen molar-refractivity contribution in [3.63, 3.8) is 0 Å². The SMILES string of the molecule is CCCNCc1cc(S(=O)(=O)NC2CCCC2C)cs1. The normalized spacial score (nSPS) is 23.3. The van der Waals surface area contributed by atoms with E-state index in [0.717, 1.165) is 43.6 Å². The van der Waals surface area contributed by atoms with Gasteiger partial charge in [0.15, 0.2) is 0 Å². The highest BCUT2D eigenvalue weighted by Gasteiger charge is 2.28. The summed E-state index contributed by atoms with van der Waals surface area (Å²) in [7, 11) is -3.35. The van der Waals surface area contributed by atoms with Gasteiger partial charge in [0.05, 0.1) is 4.90 Å². The van der Waals surface area contributed by atoms with Crippen molar-refractivity contribution in [1.82, 2.24) is 10.0 Å². The lowest BCUT2D eigenvalue weighted by molar-refractivity contribution is 0.476. The van der Waals surface area contributed by atoms with Crippen molar-refractivity contribution in [2.45, 2.75) is 57.0 Å². The Hall–Kier alpha value is -0.430. The molecule has 0 aromatic carbocycles. The van der Waals surface area contributed by atoms with Gasteiger partial charge in [-0.25, -0.2) is 13.1 Å². The second-order valence-corrected chi connectivity index (χ2v) is 8.27. The van der Waals surface area contributed by atoms with Crippen LogP contribution in [0.3, 0.4) is 0 Å². The first-order valence-electron chi connectivity index (χ1n) is 7.33. The van der Waals surface area contributed by atoms with Crippen LogP contribution in [0.2, 0.25) is 0 Å². The van der Waals surface area contributed by atoms with Crippen LogP contribution in [0.15, 0.2) is 16.3 Å². The van der Waals surface area contributed by atoms with Crippen LogP contribution < -0.4 is 10.0 Å². The van der Waals surface area contributed by atoms with E-state index in [0.29, 0.717) is 10.8 Å². The van der Waals surface area contributed by atoms with Gasteiger partial charge in [0.25, 0.3) is 0 Å². The average Bonchev–Trinajstić information content (AvgIpc) is 3.00. The number of sulfonamides is 1. The highest BCUT2D eigenvalue weighted by molar-refractivity contribution is 7.89. The second-order valence-electron chi connectivity index (χ2n) is 5.56. The molecule has 1 aliphatic rings.